The number of ether oxygens (including phenoxy) is 2. The Kier molecular flexibility index (Phi) is 6.84. The van der Waals surface area contributed by atoms with E-state index in [1.807, 2.05) is 79.7 Å². The molecule has 4 nitrogen and oxygen atoms in total. The number of thioether (sulfide) groups is 1. The van der Waals surface area contributed by atoms with E-state index in [4.69, 9.17) is 33.3 Å². The Morgan fingerprint density at radius 3 is 2.44 bits per heavy atom. The van der Waals surface area contributed by atoms with Crippen molar-refractivity contribution in [3.8, 4) is 11.5 Å². The Morgan fingerprint density at radius 1 is 1.03 bits per heavy atom. The van der Waals surface area contributed by atoms with E-state index >= 15 is 0 Å². The number of benzene rings is 3. The standard InChI is InChI=1S/C25H20ClNO3S2/c1-16-3-10-20(11-4-16)27-24(28)23(32-25(27)31)14-18-7-12-21(22(13-18)29-2)30-15-17-5-8-19(26)9-6-17/h3-14H,15H2,1-2H3/b23-14-. The van der Waals surface area contributed by atoms with Crippen LogP contribution in [0.1, 0.15) is 16.7 Å². The van der Waals surface area contributed by atoms with E-state index < -0.39 is 0 Å². The van der Waals surface area contributed by atoms with Crippen LogP contribution in [0.5, 0.6) is 11.5 Å². The van der Waals surface area contributed by atoms with Gasteiger partial charge in [0.2, 0.25) is 0 Å². The van der Waals surface area contributed by atoms with E-state index in [9.17, 15) is 4.79 Å². The van der Waals surface area contributed by atoms with Crippen LogP contribution >= 0.6 is 35.6 Å². The third kappa shape index (κ3) is 4.99. The maximum absolute atomic E-state index is 13.0. The summed E-state index contributed by atoms with van der Waals surface area (Å²) >= 11 is 12.7. The van der Waals surface area contributed by atoms with Gasteiger partial charge in [0.15, 0.2) is 15.8 Å². The molecule has 162 valence electrons. The van der Waals surface area contributed by atoms with E-state index in [2.05, 4.69) is 0 Å². The first-order valence-corrected chi connectivity index (χ1v) is 11.4. The van der Waals surface area contributed by atoms with Crippen LogP contribution in [0.15, 0.2) is 71.6 Å². The number of rotatable bonds is 6. The molecule has 4 rings (SSSR count). The van der Waals surface area contributed by atoms with E-state index in [0.29, 0.717) is 32.4 Å². The lowest BCUT2D eigenvalue weighted by Crippen LogP contribution is -2.27. The lowest BCUT2D eigenvalue weighted by atomic mass is 10.1. The molecule has 0 radical (unpaired) electrons. The Labute approximate surface area is 201 Å². The number of nitrogens with zero attached hydrogens (tertiary/aromatic N) is 1. The van der Waals surface area contributed by atoms with Gasteiger partial charge in [-0.05, 0) is 60.5 Å². The number of carbonyl (C=O) groups excluding carboxylic acids is 1. The zero-order valence-corrected chi connectivity index (χ0v) is 19.9. The Morgan fingerprint density at radius 2 is 1.75 bits per heavy atom. The molecule has 0 bridgehead atoms. The fourth-order valence-electron chi connectivity index (χ4n) is 3.17. The second-order valence-corrected chi connectivity index (χ2v) is 9.29. The normalized spacial score (nSPS) is 14.8. The molecule has 1 heterocycles. The summed E-state index contributed by atoms with van der Waals surface area (Å²) in [5.74, 6) is 1.07. The fraction of sp³-hybridized carbons (Fsp3) is 0.120. The van der Waals surface area contributed by atoms with Gasteiger partial charge in [-0.25, -0.2) is 0 Å². The highest BCUT2D eigenvalue weighted by Gasteiger charge is 2.33. The fourth-order valence-corrected chi connectivity index (χ4v) is 4.60. The molecule has 0 atom stereocenters. The van der Waals surface area contributed by atoms with Gasteiger partial charge in [0.25, 0.3) is 5.91 Å². The van der Waals surface area contributed by atoms with Gasteiger partial charge in [0.1, 0.15) is 6.61 Å². The summed E-state index contributed by atoms with van der Waals surface area (Å²) in [6.07, 6.45) is 1.82. The zero-order chi connectivity index (χ0) is 22.7. The number of hydrogen-bond acceptors (Lipinski definition) is 5. The Balaban J connectivity index is 1.52. The van der Waals surface area contributed by atoms with Crippen molar-refractivity contribution in [1.29, 1.82) is 0 Å². The first-order valence-electron chi connectivity index (χ1n) is 9.84. The molecule has 7 heteroatoms. The average molecular weight is 482 g/mol. The largest absolute Gasteiger partial charge is 0.493 e. The summed E-state index contributed by atoms with van der Waals surface area (Å²) in [4.78, 5) is 15.1. The summed E-state index contributed by atoms with van der Waals surface area (Å²) in [6, 6.07) is 20.8. The second kappa shape index (κ2) is 9.77. The Hall–Kier alpha value is -2.80. The monoisotopic (exact) mass is 481 g/mol. The number of halogens is 1. The predicted octanol–water partition coefficient (Wildman–Crippen LogP) is 6.64. The molecule has 0 N–H and O–H groups in total. The van der Waals surface area contributed by atoms with Gasteiger partial charge in [-0.2, -0.15) is 0 Å². The van der Waals surface area contributed by atoms with Crippen LogP contribution in [0.3, 0.4) is 0 Å². The zero-order valence-electron chi connectivity index (χ0n) is 17.5. The molecule has 1 amide bonds. The minimum absolute atomic E-state index is 0.133. The van der Waals surface area contributed by atoms with Crippen molar-refractivity contribution in [3.05, 3.63) is 93.3 Å². The summed E-state index contributed by atoms with van der Waals surface area (Å²) in [7, 11) is 1.59. The minimum atomic E-state index is -0.133. The van der Waals surface area contributed by atoms with Crippen LogP contribution < -0.4 is 14.4 Å². The molecule has 0 aliphatic carbocycles. The number of amides is 1. The molecule has 3 aromatic carbocycles. The quantitative estimate of drug-likeness (QED) is 0.291. The van der Waals surface area contributed by atoms with Crippen molar-refractivity contribution in [1.82, 2.24) is 0 Å². The van der Waals surface area contributed by atoms with Gasteiger partial charge in [0.05, 0.1) is 17.7 Å². The summed E-state index contributed by atoms with van der Waals surface area (Å²) in [6.45, 7) is 2.40. The highest BCUT2D eigenvalue weighted by molar-refractivity contribution is 8.27. The molecule has 1 aliphatic rings. The highest BCUT2D eigenvalue weighted by atomic mass is 35.5. The van der Waals surface area contributed by atoms with Crippen LogP contribution in [0, 0.1) is 6.92 Å². The van der Waals surface area contributed by atoms with Gasteiger partial charge < -0.3 is 9.47 Å². The third-order valence-electron chi connectivity index (χ3n) is 4.88. The van der Waals surface area contributed by atoms with Crippen molar-refractivity contribution in [2.75, 3.05) is 12.0 Å². The van der Waals surface area contributed by atoms with Crippen molar-refractivity contribution in [2.45, 2.75) is 13.5 Å². The Bertz CT molecular complexity index is 1190. The number of methoxy groups -OCH3 is 1. The lowest BCUT2D eigenvalue weighted by Gasteiger charge is -2.14. The third-order valence-corrected chi connectivity index (χ3v) is 6.43. The van der Waals surface area contributed by atoms with Crippen LogP contribution in [-0.2, 0) is 11.4 Å². The van der Waals surface area contributed by atoms with Crippen molar-refractivity contribution >= 4 is 57.6 Å². The molecular formula is C25H20ClNO3S2. The average Bonchev–Trinajstić information content (AvgIpc) is 3.07. The van der Waals surface area contributed by atoms with Gasteiger partial charge in [-0.3, -0.25) is 9.69 Å². The molecule has 0 unspecified atom stereocenters. The van der Waals surface area contributed by atoms with Crippen molar-refractivity contribution in [2.24, 2.45) is 0 Å². The van der Waals surface area contributed by atoms with E-state index in [1.54, 1.807) is 12.0 Å². The molecule has 1 fully saturated rings. The summed E-state index contributed by atoms with van der Waals surface area (Å²) in [5, 5.41) is 0.684. The minimum Gasteiger partial charge on any atom is -0.493 e. The van der Waals surface area contributed by atoms with Gasteiger partial charge >= 0.3 is 0 Å². The number of hydrogen-bond donors (Lipinski definition) is 0. The first kappa shape index (κ1) is 22.4. The number of carbonyl (C=O) groups is 1. The maximum Gasteiger partial charge on any atom is 0.270 e. The molecule has 0 spiro atoms. The van der Waals surface area contributed by atoms with Crippen LogP contribution in [-0.4, -0.2) is 17.3 Å². The highest BCUT2D eigenvalue weighted by Crippen LogP contribution is 2.37. The second-order valence-electron chi connectivity index (χ2n) is 7.18. The van der Waals surface area contributed by atoms with E-state index in [0.717, 1.165) is 22.4 Å². The van der Waals surface area contributed by atoms with Crippen LogP contribution in [0.25, 0.3) is 6.08 Å². The number of anilines is 1. The molecule has 3 aromatic rings. The molecule has 0 saturated carbocycles. The summed E-state index contributed by atoms with van der Waals surface area (Å²) in [5.41, 5.74) is 3.72. The van der Waals surface area contributed by atoms with Gasteiger partial charge in [-0.15, -0.1) is 0 Å². The van der Waals surface area contributed by atoms with Crippen molar-refractivity contribution < 1.29 is 14.3 Å². The first-order chi connectivity index (χ1) is 15.4. The molecule has 1 aliphatic heterocycles. The molecular weight excluding hydrogens is 462 g/mol. The van der Waals surface area contributed by atoms with Crippen LogP contribution in [0.4, 0.5) is 5.69 Å². The topological polar surface area (TPSA) is 38.8 Å². The SMILES string of the molecule is COc1cc(/C=C2\SC(=S)N(c3ccc(C)cc3)C2=O)ccc1OCc1ccc(Cl)cc1. The smallest absolute Gasteiger partial charge is 0.270 e. The van der Waals surface area contributed by atoms with Crippen LogP contribution in [0.2, 0.25) is 5.02 Å². The molecule has 1 saturated heterocycles. The maximum atomic E-state index is 13.0. The predicted molar refractivity (Wildman–Crippen MR) is 136 cm³/mol. The summed E-state index contributed by atoms with van der Waals surface area (Å²) < 4.78 is 11.9. The number of thiocarbonyl (C=S) groups is 1. The lowest BCUT2D eigenvalue weighted by molar-refractivity contribution is -0.113. The van der Waals surface area contributed by atoms with E-state index in [1.165, 1.54) is 11.8 Å². The van der Waals surface area contributed by atoms with E-state index in [-0.39, 0.29) is 5.91 Å². The van der Waals surface area contributed by atoms with Gasteiger partial charge in [-0.1, -0.05) is 71.5 Å². The molecule has 32 heavy (non-hydrogen) atoms. The molecule has 0 aromatic heterocycles. The van der Waals surface area contributed by atoms with Gasteiger partial charge in [0, 0.05) is 5.02 Å². The number of aryl methyl sites for hydroxylation is 1. The van der Waals surface area contributed by atoms with Crippen molar-refractivity contribution in [3.63, 3.8) is 0 Å².